The van der Waals surface area contributed by atoms with Crippen LogP contribution in [0.4, 0.5) is 5.69 Å². The van der Waals surface area contributed by atoms with E-state index in [9.17, 15) is 4.79 Å². The molecule has 1 amide bonds. The highest BCUT2D eigenvalue weighted by molar-refractivity contribution is 7.10. The van der Waals surface area contributed by atoms with Gasteiger partial charge in [0.1, 0.15) is 5.75 Å². The first kappa shape index (κ1) is 20.4. The van der Waals surface area contributed by atoms with Crippen LogP contribution >= 0.6 is 11.3 Å². The molecule has 0 aliphatic carbocycles. The number of anilines is 1. The molecule has 4 rings (SSSR count). The molecule has 156 valence electrons. The molecule has 1 aromatic heterocycles. The van der Waals surface area contributed by atoms with Gasteiger partial charge < -0.3 is 19.9 Å². The van der Waals surface area contributed by atoms with Gasteiger partial charge in [0.2, 0.25) is 0 Å². The van der Waals surface area contributed by atoms with Gasteiger partial charge in [-0.3, -0.25) is 4.79 Å². The topological polar surface area (TPSA) is 46.0 Å². The number of carbonyl (C=O) groups excluding carboxylic acids is 1. The van der Waals surface area contributed by atoms with Crippen LogP contribution in [0.5, 0.6) is 5.75 Å². The number of para-hydroxylation sites is 2. The average Bonchev–Trinajstić information content (AvgIpc) is 3.33. The van der Waals surface area contributed by atoms with Crippen molar-refractivity contribution in [3.05, 3.63) is 82.6 Å². The van der Waals surface area contributed by atoms with Crippen LogP contribution in [-0.4, -0.2) is 45.7 Å². The summed E-state index contributed by atoms with van der Waals surface area (Å²) < 4.78 is 5.50. The standard InChI is InChI=1S/C24H27N3O2S/c1-29-21-11-6-5-10-20(21)27-15-13-26(14-16-27)18-23(28)25-24(22-12-7-17-30-22)19-8-3-2-4-9-19/h2-12,17,24H,13-16,18H2,1H3,(H,25,28)/p+1/t24-/m0/s1. The van der Waals surface area contributed by atoms with E-state index in [1.165, 1.54) is 4.90 Å². The third-order valence-corrected chi connectivity index (χ3v) is 6.51. The van der Waals surface area contributed by atoms with E-state index in [0.29, 0.717) is 6.54 Å². The predicted octanol–water partition coefficient (Wildman–Crippen LogP) is 2.37. The molecule has 2 aromatic carbocycles. The van der Waals surface area contributed by atoms with E-state index in [0.717, 1.165) is 48.1 Å². The Bertz CT molecular complexity index is 938. The molecule has 0 spiro atoms. The molecule has 1 atom stereocenters. The number of benzene rings is 2. The second-order valence-electron chi connectivity index (χ2n) is 7.51. The fraction of sp³-hybridized carbons (Fsp3) is 0.292. The second kappa shape index (κ2) is 9.78. The maximum Gasteiger partial charge on any atom is 0.275 e. The van der Waals surface area contributed by atoms with Gasteiger partial charge in [0, 0.05) is 4.88 Å². The monoisotopic (exact) mass is 422 g/mol. The third-order valence-electron chi connectivity index (χ3n) is 5.57. The molecule has 1 aliphatic heterocycles. The molecule has 0 bridgehead atoms. The highest BCUT2D eigenvalue weighted by Crippen LogP contribution is 2.27. The lowest BCUT2D eigenvalue weighted by Gasteiger charge is -2.34. The van der Waals surface area contributed by atoms with Gasteiger partial charge in [0.15, 0.2) is 6.54 Å². The number of carbonyl (C=O) groups is 1. The first-order valence-electron chi connectivity index (χ1n) is 10.3. The minimum Gasteiger partial charge on any atom is -0.495 e. The summed E-state index contributed by atoms with van der Waals surface area (Å²) in [6.07, 6.45) is 0. The van der Waals surface area contributed by atoms with Crippen molar-refractivity contribution in [2.45, 2.75) is 6.04 Å². The Kier molecular flexibility index (Phi) is 6.67. The van der Waals surface area contributed by atoms with Crippen LogP contribution in [0.15, 0.2) is 72.1 Å². The van der Waals surface area contributed by atoms with Gasteiger partial charge in [-0.25, -0.2) is 0 Å². The molecule has 1 aliphatic rings. The Morgan fingerprint density at radius 1 is 1.07 bits per heavy atom. The summed E-state index contributed by atoms with van der Waals surface area (Å²) in [5.74, 6) is 0.998. The van der Waals surface area contributed by atoms with E-state index in [1.54, 1.807) is 18.4 Å². The third kappa shape index (κ3) is 4.83. The maximum atomic E-state index is 12.9. The zero-order valence-electron chi connectivity index (χ0n) is 17.2. The van der Waals surface area contributed by atoms with E-state index in [1.807, 2.05) is 42.5 Å². The smallest absolute Gasteiger partial charge is 0.275 e. The summed E-state index contributed by atoms with van der Waals surface area (Å²) in [5.41, 5.74) is 2.25. The number of methoxy groups -OCH3 is 1. The second-order valence-corrected chi connectivity index (χ2v) is 8.49. The van der Waals surface area contributed by atoms with Crippen LogP contribution < -0.4 is 19.9 Å². The Labute approximate surface area is 181 Å². The summed E-state index contributed by atoms with van der Waals surface area (Å²) in [5, 5.41) is 5.32. The van der Waals surface area contributed by atoms with Crippen LogP contribution in [0.3, 0.4) is 0 Å². The SMILES string of the molecule is COc1ccccc1N1CC[NH+](CC(=O)N[C@@H](c2ccccc2)c2cccs2)CC1. The largest absolute Gasteiger partial charge is 0.495 e. The van der Waals surface area contributed by atoms with Gasteiger partial charge in [-0.15, -0.1) is 11.3 Å². The quantitative estimate of drug-likeness (QED) is 0.615. The van der Waals surface area contributed by atoms with Crippen molar-refractivity contribution in [1.82, 2.24) is 5.32 Å². The van der Waals surface area contributed by atoms with Crippen molar-refractivity contribution in [3.63, 3.8) is 0 Å². The maximum absolute atomic E-state index is 12.9. The Hall–Kier alpha value is -2.83. The van der Waals surface area contributed by atoms with Crippen molar-refractivity contribution < 1.29 is 14.4 Å². The minimum atomic E-state index is -0.0898. The number of thiophene rings is 1. The van der Waals surface area contributed by atoms with E-state index >= 15 is 0 Å². The molecule has 30 heavy (non-hydrogen) atoms. The van der Waals surface area contributed by atoms with E-state index in [4.69, 9.17) is 4.74 Å². The molecule has 5 nitrogen and oxygen atoms in total. The summed E-state index contributed by atoms with van der Waals surface area (Å²) in [7, 11) is 1.71. The van der Waals surface area contributed by atoms with Crippen LogP contribution in [0, 0.1) is 0 Å². The summed E-state index contributed by atoms with van der Waals surface area (Å²) >= 11 is 1.68. The number of rotatable bonds is 7. The molecule has 0 saturated carbocycles. The first-order chi connectivity index (χ1) is 14.7. The fourth-order valence-electron chi connectivity index (χ4n) is 3.99. The Morgan fingerprint density at radius 2 is 1.80 bits per heavy atom. The molecule has 6 heteroatoms. The van der Waals surface area contributed by atoms with Crippen LogP contribution in [-0.2, 0) is 4.79 Å². The van der Waals surface area contributed by atoms with Gasteiger partial charge in [-0.05, 0) is 29.1 Å². The van der Waals surface area contributed by atoms with Crippen molar-refractivity contribution in [3.8, 4) is 5.75 Å². The lowest BCUT2D eigenvalue weighted by Crippen LogP contribution is -3.16. The normalized spacial score (nSPS) is 15.6. The molecule has 2 N–H and O–H groups in total. The zero-order valence-corrected chi connectivity index (χ0v) is 18.0. The van der Waals surface area contributed by atoms with Crippen LogP contribution in [0.25, 0.3) is 0 Å². The average molecular weight is 423 g/mol. The number of nitrogens with zero attached hydrogens (tertiary/aromatic N) is 1. The van der Waals surface area contributed by atoms with Crippen LogP contribution in [0.2, 0.25) is 0 Å². The summed E-state index contributed by atoms with van der Waals surface area (Å²) in [6, 6.07) is 22.3. The summed E-state index contributed by atoms with van der Waals surface area (Å²) in [6.45, 7) is 4.18. The van der Waals surface area contributed by atoms with Crippen molar-refractivity contribution >= 4 is 22.9 Å². The van der Waals surface area contributed by atoms with Crippen LogP contribution in [0.1, 0.15) is 16.5 Å². The molecule has 0 unspecified atom stereocenters. The molecule has 1 fully saturated rings. The zero-order chi connectivity index (χ0) is 20.8. The number of piperazine rings is 1. The lowest BCUT2D eigenvalue weighted by atomic mass is 10.1. The number of hydrogen-bond donors (Lipinski definition) is 2. The molecule has 0 radical (unpaired) electrons. The highest BCUT2D eigenvalue weighted by Gasteiger charge is 2.25. The number of ether oxygens (including phenoxy) is 1. The van der Waals surface area contributed by atoms with Crippen molar-refractivity contribution in [2.24, 2.45) is 0 Å². The van der Waals surface area contributed by atoms with E-state index in [2.05, 4.69) is 39.9 Å². The highest BCUT2D eigenvalue weighted by atomic mass is 32.1. The van der Waals surface area contributed by atoms with E-state index < -0.39 is 0 Å². The molecular weight excluding hydrogens is 394 g/mol. The molecule has 2 heterocycles. The number of nitrogens with one attached hydrogen (secondary N) is 2. The Balaban J connectivity index is 1.35. The van der Waals surface area contributed by atoms with Gasteiger partial charge in [-0.2, -0.15) is 0 Å². The summed E-state index contributed by atoms with van der Waals surface area (Å²) in [4.78, 5) is 17.7. The van der Waals surface area contributed by atoms with Gasteiger partial charge in [0.05, 0.1) is 45.0 Å². The molecular formula is C24H28N3O2S+. The van der Waals surface area contributed by atoms with Gasteiger partial charge in [-0.1, -0.05) is 48.5 Å². The van der Waals surface area contributed by atoms with Gasteiger partial charge in [0.25, 0.3) is 5.91 Å². The van der Waals surface area contributed by atoms with Crippen molar-refractivity contribution in [2.75, 3.05) is 44.7 Å². The number of quaternary nitrogens is 1. The molecule has 1 saturated heterocycles. The Morgan fingerprint density at radius 3 is 2.50 bits per heavy atom. The van der Waals surface area contributed by atoms with Crippen molar-refractivity contribution in [1.29, 1.82) is 0 Å². The number of hydrogen-bond acceptors (Lipinski definition) is 4. The fourth-order valence-corrected chi connectivity index (χ4v) is 4.79. The van der Waals surface area contributed by atoms with E-state index in [-0.39, 0.29) is 11.9 Å². The van der Waals surface area contributed by atoms with Gasteiger partial charge >= 0.3 is 0 Å². The number of amides is 1. The first-order valence-corrected chi connectivity index (χ1v) is 11.2. The predicted molar refractivity (Wildman–Crippen MR) is 122 cm³/mol. The minimum absolute atomic E-state index is 0.0898. The molecule has 3 aromatic rings. The lowest BCUT2D eigenvalue weighted by molar-refractivity contribution is -0.892.